The molecule has 0 heterocycles. The Morgan fingerprint density at radius 3 is 2.43 bits per heavy atom. The van der Waals surface area contributed by atoms with Crippen LogP contribution < -0.4 is 10.6 Å². The van der Waals surface area contributed by atoms with Gasteiger partial charge in [0.2, 0.25) is 5.91 Å². The van der Waals surface area contributed by atoms with Gasteiger partial charge in [-0.2, -0.15) is 0 Å². The molecule has 0 aliphatic rings. The lowest BCUT2D eigenvalue weighted by Crippen LogP contribution is -2.46. The van der Waals surface area contributed by atoms with E-state index in [1.165, 1.54) is 12.1 Å². The number of nitrogens with one attached hydrogen (secondary N) is 2. The fraction of sp³-hybridized carbons (Fsp3) is 0.357. The molecule has 0 saturated carbocycles. The predicted octanol–water partition coefficient (Wildman–Crippen LogP) is 1.14. The molecule has 0 bridgehead atoms. The number of ether oxygens (including phenoxy) is 1. The molecule has 0 aromatic heterocycles. The summed E-state index contributed by atoms with van der Waals surface area (Å²) in [6.07, 6.45) is 0. The van der Waals surface area contributed by atoms with Gasteiger partial charge in [0, 0.05) is 11.6 Å². The summed E-state index contributed by atoms with van der Waals surface area (Å²) in [5.41, 5.74) is 0.295. The van der Waals surface area contributed by atoms with Gasteiger partial charge in [0.15, 0.2) is 6.61 Å². The van der Waals surface area contributed by atoms with E-state index in [1.807, 2.05) is 0 Å². The first-order valence-corrected chi connectivity index (χ1v) is 6.81. The fourth-order valence-electron chi connectivity index (χ4n) is 1.48. The average Bonchev–Trinajstić information content (AvgIpc) is 2.45. The maximum atomic E-state index is 11.7. The second-order valence-corrected chi connectivity index (χ2v) is 4.70. The Labute approximate surface area is 127 Å². The summed E-state index contributed by atoms with van der Waals surface area (Å²) in [6.45, 7) is 3.35. The minimum absolute atomic E-state index is 0.295. The highest BCUT2D eigenvalue weighted by Crippen LogP contribution is 2.10. The number of benzene rings is 1. The molecule has 0 radical (unpaired) electrons. The molecule has 0 aliphatic heterocycles. The molecule has 1 atom stereocenters. The van der Waals surface area contributed by atoms with E-state index in [0.29, 0.717) is 17.1 Å². The van der Waals surface area contributed by atoms with Crippen molar-refractivity contribution in [2.75, 3.05) is 13.2 Å². The first-order chi connectivity index (χ1) is 9.93. The highest BCUT2D eigenvalue weighted by molar-refractivity contribution is 6.30. The van der Waals surface area contributed by atoms with Gasteiger partial charge in [-0.25, -0.2) is 4.79 Å². The van der Waals surface area contributed by atoms with E-state index in [-0.39, 0.29) is 5.91 Å². The molecular formula is C14H17ClN2O4. The zero-order chi connectivity index (χ0) is 15.8. The third kappa shape index (κ3) is 5.83. The number of hydrogen-bond donors (Lipinski definition) is 2. The SMILES string of the molecule is CCNC(=O)[C@@H](C)NC(=O)COC(=O)c1ccc(Cl)cc1. The van der Waals surface area contributed by atoms with E-state index in [0.717, 1.165) is 0 Å². The van der Waals surface area contributed by atoms with Crippen molar-refractivity contribution in [3.8, 4) is 0 Å². The first kappa shape index (κ1) is 17.0. The van der Waals surface area contributed by atoms with E-state index in [2.05, 4.69) is 10.6 Å². The number of rotatable bonds is 6. The van der Waals surface area contributed by atoms with Crippen LogP contribution in [0.25, 0.3) is 0 Å². The molecule has 1 rings (SSSR count). The van der Waals surface area contributed by atoms with Crippen LogP contribution in [0.5, 0.6) is 0 Å². The summed E-state index contributed by atoms with van der Waals surface area (Å²) < 4.78 is 4.84. The molecule has 1 aromatic rings. The predicted molar refractivity (Wildman–Crippen MR) is 78.0 cm³/mol. The van der Waals surface area contributed by atoms with Gasteiger partial charge in [-0.05, 0) is 38.1 Å². The third-order valence-corrected chi connectivity index (χ3v) is 2.79. The topological polar surface area (TPSA) is 84.5 Å². The second-order valence-electron chi connectivity index (χ2n) is 4.27. The van der Waals surface area contributed by atoms with Crippen molar-refractivity contribution in [1.82, 2.24) is 10.6 Å². The Kier molecular flexibility index (Phi) is 6.68. The van der Waals surface area contributed by atoms with Crippen molar-refractivity contribution in [2.24, 2.45) is 0 Å². The summed E-state index contributed by atoms with van der Waals surface area (Å²) >= 11 is 5.70. The van der Waals surface area contributed by atoms with Crippen molar-refractivity contribution in [2.45, 2.75) is 19.9 Å². The third-order valence-electron chi connectivity index (χ3n) is 2.54. The van der Waals surface area contributed by atoms with Gasteiger partial charge in [0.25, 0.3) is 5.91 Å². The van der Waals surface area contributed by atoms with Crippen molar-refractivity contribution < 1.29 is 19.1 Å². The van der Waals surface area contributed by atoms with E-state index in [1.54, 1.807) is 26.0 Å². The van der Waals surface area contributed by atoms with Gasteiger partial charge in [0.1, 0.15) is 6.04 Å². The lowest BCUT2D eigenvalue weighted by Gasteiger charge is -2.13. The number of amides is 2. The number of hydrogen-bond acceptors (Lipinski definition) is 4. The normalized spacial score (nSPS) is 11.4. The molecular weight excluding hydrogens is 296 g/mol. The fourth-order valence-corrected chi connectivity index (χ4v) is 1.60. The zero-order valence-corrected chi connectivity index (χ0v) is 12.6. The van der Waals surface area contributed by atoms with Gasteiger partial charge in [-0.3, -0.25) is 9.59 Å². The molecule has 2 amide bonds. The molecule has 114 valence electrons. The number of halogens is 1. The van der Waals surface area contributed by atoms with Crippen LogP contribution in [0.1, 0.15) is 24.2 Å². The largest absolute Gasteiger partial charge is 0.452 e. The summed E-state index contributed by atoms with van der Waals surface area (Å²) in [5.74, 6) is -1.47. The van der Waals surface area contributed by atoms with E-state index >= 15 is 0 Å². The Morgan fingerprint density at radius 1 is 1.24 bits per heavy atom. The lowest BCUT2D eigenvalue weighted by molar-refractivity contribution is -0.130. The van der Waals surface area contributed by atoms with Crippen LogP contribution in [-0.4, -0.2) is 37.0 Å². The van der Waals surface area contributed by atoms with Crippen LogP contribution in [0.3, 0.4) is 0 Å². The highest BCUT2D eigenvalue weighted by Gasteiger charge is 2.16. The number of likely N-dealkylation sites (N-methyl/N-ethyl adjacent to an activating group) is 1. The molecule has 0 aliphatic carbocycles. The monoisotopic (exact) mass is 312 g/mol. The molecule has 7 heteroatoms. The standard InChI is InChI=1S/C14H17ClN2O4/c1-3-16-13(19)9(2)17-12(18)8-21-14(20)10-4-6-11(15)7-5-10/h4-7,9H,3,8H2,1-2H3,(H,16,19)(H,17,18)/t9-/m1/s1. The van der Waals surface area contributed by atoms with E-state index < -0.39 is 24.5 Å². The summed E-state index contributed by atoms with van der Waals surface area (Å²) in [6, 6.07) is 5.41. The molecule has 6 nitrogen and oxygen atoms in total. The Morgan fingerprint density at radius 2 is 1.86 bits per heavy atom. The molecule has 2 N–H and O–H groups in total. The van der Waals surface area contributed by atoms with Gasteiger partial charge in [0.05, 0.1) is 5.56 Å². The van der Waals surface area contributed by atoms with Gasteiger partial charge in [-0.15, -0.1) is 0 Å². The summed E-state index contributed by atoms with van der Waals surface area (Å²) in [7, 11) is 0. The Hall–Kier alpha value is -2.08. The summed E-state index contributed by atoms with van der Waals surface area (Å²) in [4.78, 5) is 34.6. The Balaban J connectivity index is 2.40. The van der Waals surface area contributed by atoms with Crippen molar-refractivity contribution in [3.63, 3.8) is 0 Å². The number of esters is 1. The zero-order valence-electron chi connectivity index (χ0n) is 11.8. The van der Waals surface area contributed by atoms with E-state index in [9.17, 15) is 14.4 Å². The maximum absolute atomic E-state index is 11.7. The molecule has 0 spiro atoms. The second kappa shape index (κ2) is 8.26. The van der Waals surface area contributed by atoms with Crippen LogP contribution in [0.15, 0.2) is 24.3 Å². The van der Waals surface area contributed by atoms with E-state index in [4.69, 9.17) is 16.3 Å². The summed E-state index contributed by atoms with van der Waals surface area (Å²) in [5, 5.41) is 5.50. The molecule has 21 heavy (non-hydrogen) atoms. The van der Waals surface area contributed by atoms with Gasteiger partial charge >= 0.3 is 5.97 Å². The van der Waals surface area contributed by atoms with Crippen LogP contribution >= 0.6 is 11.6 Å². The molecule has 0 unspecified atom stereocenters. The van der Waals surface area contributed by atoms with Gasteiger partial charge in [-0.1, -0.05) is 11.6 Å². The maximum Gasteiger partial charge on any atom is 0.338 e. The van der Waals surface area contributed by atoms with Crippen LogP contribution in [0, 0.1) is 0 Å². The number of carbonyl (C=O) groups excluding carboxylic acids is 3. The van der Waals surface area contributed by atoms with Crippen molar-refractivity contribution >= 4 is 29.4 Å². The van der Waals surface area contributed by atoms with Crippen molar-refractivity contribution in [3.05, 3.63) is 34.9 Å². The average molecular weight is 313 g/mol. The molecule has 0 fully saturated rings. The van der Waals surface area contributed by atoms with Crippen LogP contribution in [0.2, 0.25) is 5.02 Å². The lowest BCUT2D eigenvalue weighted by atomic mass is 10.2. The first-order valence-electron chi connectivity index (χ1n) is 6.43. The van der Waals surface area contributed by atoms with Gasteiger partial charge < -0.3 is 15.4 Å². The van der Waals surface area contributed by atoms with Crippen LogP contribution in [0.4, 0.5) is 0 Å². The minimum atomic E-state index is -0.688. The van der Waals surface area contributed by atoms with Crippen molar-refractivity contribution in [1.29, 1.82) is 0 Å². The highest BCUT2D eigenvalue weighted by atomic mass is 35.5. The number of carbonyl (C=O) groups is 3. The Bertz CT molecular complexity index is 516. The smallest absolute Gasteiger partial charge is 0.338 e. The minimum Gasteiger partial charge on any atom is -0.452 e. The van der Waals surface area contributed by atoms with Crippen LogP contribution in [-0.2, 0) is 14.3 Å². The molecule has 1 aromatic carbocycles. The quantitative estimate of drug-likeness (QED) is 0.771. The molecule has 0 saturated heterocycles.